The highest BCUT2D eigenvalue weighted by Crippen LogP contribution is 2.20. The van der Waals surface area contributed by atoms with Crippen molar-refractivity contribution < 1.29 is 14.7 Å². The first-order valence-corrected chi connectivity index (χ1v) is 7.54. The van der Waals surface area contributed by atoms with Gasteiger partial charge in [-0.1, -0.05) is 24.8 Å². The molecular weight excluding hydrogens is 280 g/mol. The first-order chi connectivity index (χ1) is 10.6. The van der Waals surface area contributed by atoms with Crippen LogP contribution in [0.2, 0.25) is 0 Å². The molecule has 0 aromatic heterocycles. The second-order valence-corrected chi connectivity index (χ2v) is 5.53. The first kappa shape index (κ1) is 16.2. The lowest BCUT2D eigenvalue weighted by molar-refractivity contribution is -0.132. The lowest BCUT2D eigenvalue weighted by Crippen LogP contribution is -2.40. The molecule has 118 valence electrons. The summed E-state index contributed by atoms with van der Waals surface area (Å²) in [7, 11) is 0. The number of carbonyl (C=O) groups is 2. The molecule has 1 aliphatic rings. The molecule has 0 saturated carbocycles. The second kappa shape index (κ2) is 7.75. The van der Waals surface area contributed by atoms with Crippen molar-refractivity contribution in [2.24, 2.45) is 5.92 Å². The van der Waals surface area contributed by atoms with Crippen molar-refractivity contribution in [3.8, 4) is 0 Å². The number of carbonyl (C=O) groups excluding carboxylic acids is 2. The predicted octanol–water partition coefficient (Wildman–Crippen LogP) is 1.58. The van der Waals surface area contributed by atoms with Crippen LogP contribution in [0.1, 0.15) is 18.4 Å². The maximum absolute atomic E-state index is 12.4. The Morgan fingerprint density at radius 1 is 1.32 bits per heavy atom. The molecule has 0 radical (unpaired) electrons. The number of amides is 2. The fourth-order valence-corrected chi connectivity index (χ4v) is 2.62. The summed E-state index contributed by atoms with van der Waals surface area (Å²) in [4.78, 5) is 25.7. The van der Waals surface area contributed by atoms with Crippen LogP contribution in [0.3, 0.4) is 0 Å². The monoisotopic (exact) mass is 302 g/mol. The van der Waals surface area contributed by atoms with Crippen LogP contribution in [-0.2, 0) is 16.0 Å². The number of hydrogen-bond donors (Lipinski definition) is 2. The quantitative estimate of drug-likeness (QED) is 0.811. The Hall–Kier alpha value is -2.14. The Labute approximate surface area is 130 Å². The minimum atomic E-state index is -0.288. The molecule has 1 aliphatic heterocycles. The molecule has 1 heterocycles. The SMILES string of the molecule is C=CC(=O)Nc1ccccc1CC(=O)N1CCC(CO)CC1. The summed E-state index contributed by atoms with van der Waals surface area (Å²) in [5.74, 6) is 0.0727. The molecule has 1 saturated heterocycles. The van der Waals surface area contributed by atoms with Crippen LogP contribution in [-0.4, -0.2) is 41.5 Å². The van der Waals surface area contributed by atoms with Crippen molar-refractivity contribution in [3.05, 3.63) is 42.5 Å². The molecule has 1 aromatic rings. The molecule has 0 unspecified atom stereocenters. The van der Waals surface area contributed by atoms with E-state index in [2.05, 4.69) is 11.9 Å². The molecule has 0 spiro atoms. The van der Waals surface area contributed by atoms with E-state index in [0.717, 1.165) is 18.4 Å². The smallest absolute Gasteiger partial charge is 0.247 e. The summed E-state index contributed by atoms with van der Waals surface area (Å²) in [5.41, 5.74) is 1.44. The van der Waals surface area contributed by atoms with Crippen LogP contribution in [0.4, 0.5) is 5.69 Å². The van der Waals surface area contributed by atoms with Crippen molar-refractivity contribution in [3.63, 3.8) is 0 Å². The van der Waals surface area contributed by atoms with E-state index in [1.165, 1.54) is 6.08 Å². The van der Waals surface area contributed by atoms with Crippen LogP contribution >= 0.6 is 0 Å². The topological polar surface area (TPSA) is 69.6 Å². The van der Waals surface area contributed by atoms with E-state index in [4.69, 9.17) is 5.11 Å². The Kier molecular flexibility index (Phi) is 5.72. The highest BCUT2D eigenvalue weighted by atomic mass is 16.3. The van der Waals surface area contributed by atoms with Crippen LogP contribution in [0.25, 0.3) is 0 Å². The summed E-state index contributed by atoms with van der Waals surface area (Å²) >= 11 is 0. The zero-order valence-electron chi connectivity index (χ0n) is 12.6. The van der Waals surface area contributed by atoms with Crippen molar-refractivity contribution in [2.75, 3.05) is 25.0 Å². The zero-order valence-corrected chi connectivity index (χ0v) is 12.6. The van der Waals surface area contributed by atoms with E-state index < -0.39 is 0 Å². The summed E-state index contributed by atoms with van der Waals surface area (Å²) < 4.78 is 0. The fourth-order valence-electron chi connectivity index (χ4n) is 2.62. The summed E-state index contributed by atoms with van der Waals surface area (Å²) in [6.07, 6.45) is 3.16. The lowest BCUT2D eigenvalue weighted by atomic mass is 9.97. The third-order valence-electron chi connectivity index (χ3n) is 4.03. The van der Waals surface area contributed by atoms with E-state index in [9.17, 15) is 9.59 Å². The molecule has 22 heavy (non-hydrogen) atoms. The summed E-state index contributed by atoms with van der Waals surface area (Å²) in [5, 5.41) is 11.9. The van der Waals surface area contributed by atoms with Crippen LogP contribution in [0, 0.1) is 5.92 Å². The lowest BCUT2D eigenvalue weighted by Gasteiger charge is -2.31. The van der Waals surface area contributed by atoms with E-state index in [1.807, 2.05) is 23.1 Å². The third-order valence-corrected chi connectivity index (χ3v) is 4.03. The van der Waals surface area contributed by atoms with Crippen molar-refractivity contribution in [2.45, 2.75) is 19.3 Å². The number of likely N-dealkylation sites (tertiary alicyclic amines) is 1. The average Bonchev–Trinajstić information content (AvgIpc) is 2.56. The van der Waals surface area contributed by atoms with E-state index in [1.54, 1.807) is 6.07 Å². The van der Waals surface area contributed by atoms with E-state index in [0.29, 0.717) is 24.7 Å². The first-order valence-electron chi connectivity index (χ1n) is 7.54. The van der Waals surface area contributed by atoms with Gasteiger partial charge in [-0.05, 0) is 36.5 Å². The maximum atomic E-state index is 12.4. The number of para-hydroxylation sites is 1. The number of hydrogen-bond acceptors (Lipinski definition) is 3. The average molecular weight is 302 g/mol. The fraction of sp³-hybridized carbons (Fsp3) is 0.412. The number of rotatable bonds is 5. The van der Waals surface area contributed by atoms with Gasteiger partial charge in [-0.25, -0.2) is 0 Å². The third kappa shape index (κ3) is 4.18. The van der Waals surface area contributed by atoms with Gasteiger partial charge in [0.05, 0.1) is 6.42 Å². The van der Waals surface area contributed by atoms with E-state index in [-0.39, 0.29) is 24.8 Å². The molecule has 0 atom stereocenters. The van der Waals surface area contributed by atoms with Gasteiger partial charge in [-0.2, -0.15) is 0 Å². The van der Waals surface area contributed by atoms with Gasteiger partial charge in [0.25, 0.3) is 0 Å². The van der Waals surface area contributed by atoms with Crippen molar-refractivity contribution in [1.82, 2.24) is 4.90 Å². The minimum absolute atomic E-state index is 0.0525. The number of piperidine rings is 1. The molecule has 0 bridgehead atoms. The molecule has 2 amide bonds. The molecule has 1 fully saturated rings. The normalized spacial score (nSPS) is 15.4. The number of anilines is 1. The Bertz CT molecular complexity index is 549. The molecule has 2 rings (SSSR count). The summed E-state index contributed by atoms with van der Waals surface area (Å²) in [6, 6.07) is 7.29. The van der Waals surface area contributed by atoms with Gasteiger partial charge < -0.3 is 15.3 Å². The van der Waals surface area contributed by atoms with E-state index >= 15 is 0 Å². The van der Waals surface area contributed by atoms with Gasteiger partial charge in [0.15, 0.2) is 0 Å². The number of aliphatic hydroxyl groups is 1. The van der Waals surface area contributed by atoms with Gasteiger partial charge in [0.2, 0.25) is 11.8 Å². The van der Waals surface area contributed by atoms with Crippen LogP contribution in [0.15, 0.2) is 36.9 Å². The molecule has 0 aliphatic carbocycles. The van der Waals surface area contributed by atoms with Gasteiger partial charge in [-0.15, -0.1) is 0 Å². The highest BCUT2D eigenvalue weighted by Gasteiger charge is 2.22. The predicted molar refractivity (Wildman–Crippen MR) is 85.4 cm³/mol. The van der Waals surface area contributed by atoms with Crippen molar-refractivity contribution >= 4 is 17.5 Å². The Morgan fingerprint density at radius 2 is 2.00 bits per heavy atom. The Morgan fingerprint density at radius 3 is 2.64 bits per heavy atom. The molecule has 5 nitrogen and oxygen atoms in total. The van der Waals surface area contributed by atoms with Crippen LogP contribution in [0.5, 0.6) is 0 Å². The molecule has 5 heteroatoms. The number of aliphatic hydroxyl groups excluding tert-OH is 1. The maximum Gasteiger partial charge on any atom is 0.247 e. The highest BCUT2D eigenvalue weighted by molar-refractivity contribution is 5.99. The van der Waals surface area contributed by atoms with Gasteiger partial charge in [0.1, 0.15) is 0 Å². The van der Waals surface area contributed by atoms with Crippen LogP contribution < -0.4 is 5.32 Å². The second-order valence-electron chi connectivity index (χ2n) is 5.53. The number of nitrogens with zero attached hydrogens (tertiary/aromatic N) is 1. The molecule has 2 N–H and O–H groups in total. The minimum Gasteiger partial charge on any atom is -0.396 e. The van der Waals surface area contributed by atoms with Crippen molar-refractivity contribution in [1.29, 1.82) is 0 Å². The number of nitrogens with one attached hydrogen (secondary N) is 1. The zero-order chi connectivity index (χ0) is 15.9. The number of benzene rings is 1. The van der Waals surface area contributed by atoms with Gasteiger partial charge in [-0.3, -0.25) is 9.59 Å². The van der Waals surface area contributed by atoms with Gasteiger partial charge >= 0.3 is 0 Å². The Balaban J connectivity index is 2.00. The standard InChI is InChI=1S/C17H22N2O3/c1-2-16(21)18-15-6-4-3-5-14(15)11-17(22)19-9-7-13(12-20)8-10-19/h2-6,13,20H,1,7-12H2,(H,18,21). The summed E-state index contributed by atoms with van der Waals surface area (Å²) in [6.45, 7) is 4.99. The molecular formula is C17H22N2O3. The molecule has 1 aromatic carbocycles. The van der Waals surface area contributed by atoms with Gasteiger partial charge in [0, 0.05) is 25.4 Å². The largest absolute Gasteiger partial charge is 0.396 e.